The molecule has 0 N–H and O–H groups in total. The molecule has 1 aliphatic rings. The van der Waals surface area contributed by atoms with Crippen molar-refractivity contribution in [2.75, 3.05) is 19.0 Å². The van der Waals surface area contributed by atoms with Gasteiger partial charge in [0.1, 0.15) is 0 Å². The van der Waals surface area contributed by atoms with E-state index in [-0.39, 0.29) is 0 Å². The van der Waals surface area contributed by atoms with Crippen molar-refractivity contribution in [3.05, 3.63) is 48.5 Å². The van der Waals surface area contributed by atoms with Gasteiger partial charge in [-0.05, 0) is 0 Å². The first kappa shape index (κ1) is 18.4. The number of rotatable bonds is 4. The molecule has 26 heavy (non-hydrogen) atoms. The van der Waals surface area contributed by atoms with Crippen LogP contribution in [-0.2, 0) is 16.0 Å². The van der Waals surface area contributed by atoms with Crippen molar-refractivity contribution in [1.82, 2.24) is 0 Å². The Bertz CT molecular complexity index is 890. The number of carbonyl (C=O) groups is 1. The van der Waals surface area contributed by atoms with E-state index in [0.29, 0.717) is 10.0 Å². The summed E-state index contributed by atoms with van der Waals surface area (Å²) in [7, 11) is 3.94. The molecule has 2 aromatic rings. The summed E-state index contributed by atoms with van der Waals surface area (Å²) in [6, 6.07) is 14.2. The van der Waals surface area contributed by atoms with Crippen molar-refractivity contribution in [2.24, 2.45) is 10.2 Å². The molecule has 3 rings (SSSR count). The second-order valence-electron chi connectivity index (χ2n) is 6.61. The number of benzene rings is 2. The second kappa shape index (κ2) is 6.74. The summed E-state index contributed by atoms with van der Waals surface area (Å²) >= 11 is -4.35. The Kier molecular flexibility index (Phi) is 4.78. The molecule has 1 unspecified atom stereocenters. The van der Waals surface area contributed by atoms with Crippen LogP contribution in [-0.4, -0.2) is 39.8 Å². The molecular weight excluding hydrogens is 397 g/mol. The van der Waals surface area contributed by atoms with Gasteiger partial charge in [0.15, 0.2) is 0 Å². The monoisotopic (exact) mass is 417 g/mol. The Morgan fingerprint density at radius 1 is 0.923 bits per heavy atom. The molecule has 1 aliphatic heterocycles. The minimum atomic E-state index is -4.35. The molecule has 0 saturated carbocycles. The van der Waals surface area contributed by atoms with Crippen molar-refractivity contribution in [2.45, 2.75) is 19.4 Å². The maximum absolute atomic E-state index is 12.8. The summed E-state index contributed by atoms with van der Waals surface area (Å²) in [6.07, 6.45) is 0. The molecular formula is C18H20AsN3O4. The fraction of sp³-hybridized carbons (Fsp3) is 0.278. The van der Waals surface area contributed by atoms with Gasteiger partial charge in [-0.2, -0.15) is 0 Å². The summed E-state index contributed by atoms with van der Waals surface area (Å²) in [5, 5.41) is 8.35. The number of hydrogen-bond donors (Lipinski definition) is 0. The molecule has 2 aromatic carbocycles. The van der Waals surface area contributed by atoms with E-state index in [0.717, 1.165) is 11.4 Å². The van der Waals surface area contributed by atoms with Crippen LogP contribution < -0.4 is 9.25 Å². The van der Waals surface area contributed by atoms with Crippen LogP contribution in [0.5, 0.6) is 0 Å². The van der Waals surface area contributed by atoms with Crippen LogP contribution >= 0.6 is 0 Å². The summed E-state index contributed by atoms with van der Waals surface area (Å²) in [4.78, 5) is 13.7. The maximum atomic E-state index is 12.8. The van der Waals surface area contributed by atoms with E-state index in [9.17, 15) is 8.53 Å². The van der Waals surface area contributed by atoms with Crippen LogP contribution in [0.3, 0.4) is 0 Å². The van der Waals surface area contributed by atoms with Gasteiger partial charge in [0.2, 0.25) is 0 Å². The molecule has 0 amide bonds. The van der Waals surface area contributed by atoms with Crippen LogP contribution in [0.4, 0.5) is 17.1 Å². The van der Waals surface area contributed by atoms with E-state index < -0.39 is 25.7 Å². The first-order valence-electron chi connectivity index (χ1n) is 8.04. The Morgan fingerprint density at radius 2 is 1.42 bits per heavy atom. The molecule has 7 nitrogen and oxygen atoms in total. The van der Waals surface area contributed by atoms with Crippen molar-refractivity contribution in [3.63, 3.8) is 0 Å². The van der Waals surface area contributed by atoms with Crippen LogP contribution in [0.2, 0.25) is 0 Å². The zero-order chi connectivity index (χ0) is 18.9. The number of azo groups is 1. The van der Waals surface area contributed by atoms with Crippen LogP contribution in [0.1, 0.15) is 13.8 Å². The normalized spacial score (nSPS) is 21.8. The van der Waals surface area contributed by atoms with Crippen LogP contribution in [0, 0.1) is 0 Å². The van der Waals surface area contributed by atoms with Crippen molar-refractivity contribution >= 4 is 41.6 Å². The van der Waals surface area contributed by atoms with Crippen molar-refractivity contribution in [3.8, 4) is 0 Å². The second-order valence-corrected chi connectivity index (χ2v) is 10.5. The van der Waals surface area contributed by atoms with E-state index in [4.69, 9.17) is 7.45 Å². The average Bonchev–Trinajstić information content (AvgIpc) is 2.82. The topological polar surface area (TPSA) is 80.6 Å². The molecule has 8 heteroatoms. The van der Waals surface area contributed by atoms with Gasteiger partial charge in [0.05, 0.1) is 0 Å². The first-order chi connectivity index (χ1) is 12.2. The molecule has 1 fully saturated rings. The van der Waals surface area contributed by atoms with E-state index >= 15 is 0 Å². The predicted molar refractivity (Wildman–Crippen MR) is 98.7 cm³/mol. The first-order valence-corrected chi connectivity index (χ1v) is 11.3. The molecule has 0 radical (unpaired) electrons. The van der Waals surface area contributed by atoms with Gasteiger partial charge in [0, 0.05) is 0 Å². The quantitative estimate of drug-likeness (QED) is 0.564. The molecule has 0 spiro atoms. The van der Waals surface area contributed by atoms with Gasteiger partial charge in [-0.15, -0.1) is 0 Å². The van der Waals surface area contributed by atoms with Gasteiger partial charge < -0.3 is 0 Å². The molecule has 1 heterocycles. The Hall–Kier alpha value is -2.37. The number of anilines is 1. The van der Waals surface area contributed by atoms with Crippen LogP contribution in [0.15, 0.2) is 58.8 Å². The number of nitrogens with zero attached hydrogens (tertiary/aromatic N) is 3. The van der Waals surface area contributed by atoms with Gasteiger partial charge in [-0.1, -0.05) is 0 Å². The fourth-order valence-electron chi connectivity index (χ4n) is 2.32. The third kappa shape index (κ3) is 3.74. The molecule has 0 aromatic heterocycles. The molecule has 1 atom stereocenters. The zero-order valence-electron chi connectivity index (χ0n) is 15.0. The van der Waals surface area contributed by atoms with Crippen LogP contribution in [0.25, 0.3) is 0 Å². The van der Waals surface area contributed by atoms with Gasteiger partial charge in [0.25, 0.3) is 0 Å². The third-order valence-electron chi connectivity index (χ3n) is 3.86. The summed E-state index contributed by atoms with van der Waals surface area (Å²) < 4.78 is 23.6. The van der Waals surface area contributed by atoms with E-state index in [2.05, 4.69) is 10.2 Å². The van der Waals surface area contributed by atoms with Gasteiger partial charge in [-0.3, -0.25) is 0 Å². The van der Waals surface area contributed by atoms with Crippen molar-refractivity contribution in [1.29, 1.82) is 0 Å². The molecule has 0 bridgehead atoms. The third-order valence-corrected chi connectivity index (χ3v) is 8.12. The summed E-state index contributed by atoms with van der Waals surface area (Å²) in [6.45, 7) is 3.08. The average molecular weight is 417 g/mol. The predicted octanol–water partition coefficient (Wildman–Crippen LogP) is 3.10. The Morgan fingerprint density at radius 3 is 1.85 bits per heavy atom. The molecule has 136 valence electrons. The fourth-order valence-corrected chi connectivity index (χ4v) is 6.25. The number of carbonyl (C=O) groups excluding carboxylic acids is 1. The van der Waals surface area contributed by atoms with Gasteiger partial charge >= 0.3 is 155 Å². The molecule has 1 saturated heterocycles. The van der Waals surface area contributed by atoms with E-state index in [1.807, 2.05) is 43.3 Å². The summed E-state index contributed by atoms with van der Waals surface area (Å²) in [5.74, 6) is -0.607. The van der Waals surface area contributed by atoms with Gasteiger partial charge in [-0.25, -0.2) is 0 Å². The molecule has 0 aliphatic carbocycles. The van der Waals surface area contributed by atoms with Crippen molar-refractivity contribution < 1.29 is 16.0 Å². The SMILES string of the molecule is CN(C)c1ccc(N=Nc2ccc([As]3(=O)OC(=O)C(C)(C)O3)cc2)cc1. The minimum absolute atomic E-state index is 0.372. The van der Waals surface area contributed by atoms with E-state index in [1.54, 1.807) is 38.1 Å². The summed E-state index contributed by atoms with van der Waals surface area (Å²) in [5.41, 5.74) is 1.21. The Balaban J connectivity index is 1.74. The number of hydrogen-bond acceptors (Lipinski definition) is 7. The Labute approximate surface area is 155 Å². The standard InChI is InChI=1S/C18H20AsN3O4/c1-18(2)17(23)25-19(24,26-18)13-5-7-14(8-6-13)20-21-15-9-11-16(12-10-15)22(3)4/h5-12H,1-4H3. The zero-order valence-corrected chi connectivity index (χ0v) is 16.9. The van der Waals surface area contributed by atoms with E-state index in [1.165, 1.54) is 0 Å².